The van der Waals surface area contributed by atoms with Crippen LogP contribution in [0.25, 0.3) is 0 Å². The van der Waals surface area contributed by atoms with E-state index in [0.717, 1.165) is 0 Å². The number of hydrogen-bond acceptors (Lipinski definition) is 3. The van der Waals surface area contributed by atoms with Gasteiger partial charge in [0.05, 0.1) is 20.1 Å². The number of nitrogens with zero attached hydrogens (tertiary/aromatic N) is 1. The summed E-state index contributed by atoms with van der Waals surface area (Å²) in [5, 5.41) is 0. The fourth-order valence-corrected chi connectivity index (χ4v) is 0.881. The summed E-state index contributed by atoms with van der Waals surface area (Å²) in [5.41, 5.74) is 0. The van der Waals surface area contributed by atoms with Crippen LogP contribution in [0.15, 0.2) is 0 Å². The summed E-state index contributed by atoms with van der Waals surface area (Å²) >= 11 is 0. The zero-order valence-electron chi connectivity index (χ0n) is 8.23. The molecule has 0 amide bonds. The first-order valence-corrected chi connectivity index (χ1v) is 4.25. The van der Waals surface area contributed by atoms with Crippen LogP contribution in [0.4, 0.5) is 13.2 Å². The van der Waals surface area contributed by atoms with Crippen molar-refractivity contribution in [2.75, 3.05) is 26.7 Å². The molecule has 0 aromatic rings. The standard InChI is InChI=1S/C8H14F3NO2/c1-3-12(6-7(13)14-2)5-4-8(9,10)11/h3-6H2,1-2H3. The molecule has 0 unspecified atom stereocenters. The minimum Gasteiger partial charge on any atom is -0.468 e. The van der Waals surface area contributed by atoms with Crippen LogP contribution in [0.5, 0.6) is 0 Å². The Balaban J connectivity index is 3.86. The number of likely N-dealkylation sites (N-methyl/N-ethyl adjacent to an activating group) is 1. The van der Waals surface area contributed by atoms with Gasteiger partial charge in [-0.2, -0.15) is 13.2 Å². The van der Waals surface area contributed by atoms with Crippen LogP contribution in [-0.2, 0) is 9.53 Å². The van der Waals surface area contributed by atoms with Gasteiger partial charge in [-0.1, -0.05) is 6.92 Å². The van der Waals surface area contributed by atoms with Crippen LogP contribution in [-0.4, -0.2) is 43.8 Å². The number of methoxy groups -OCH3 is 1. The van der Waals surface area contributed by atoms with E-state index in [4.69, 9.17) is 0 Å². The smallest absolute Gasteiger partial charge is 0.390 e. The predicted molar refractivity (Wildman–Crippen MR) is 44.8 cm³/mol. The molecule has 0 radical (unpaired) electrons. The highest BCUT2D eigenvalue weighted by molar-refractivity contribution is 5.71. The second kappa shape index (κ2) is 5.85. The van der Waals surface area contributed by atoms with Crippen LogP contribution in [0.3, 0.4) is 0 Å². The van der Waals surface area contributed by atoms with Gasteiger partial charge in [-0.25, -0.2) is 0 Å². The van der Waals surface area contributed by atoms with Gasteiger partial charge in [0.25, 0.3) is 0 Å². The van der Waals surface area contributed by atoms with E-state index in [1.54, 1.807) is 6.92 Å². The predicted octanol–water partition coefficient (Wildman–Crippen LogP) is 1.43. The molecule has 14 heavy (non-hydrogen) atoms. The van der Waals surface area contributed by atoms with Gasteiger partial charge in [-0.15, -0.1) is 0 Å². The zero-order valence-corrected chi connectivity index (χ0v) is 8.23. The Bertz CT molecular complexity index is 182. The lowest BCUT2D eigenvalue weighted by Crippen LogP contribution is -2.33. The highest BCUT2D eigenvalue weighted by Crippen LogP contribution is 2.19. The van der Waals surface area contributed by atoms with E-state index < -0.39 is 18.6 Å². The molecule has 0 saturated carbocycles. The average molecular weight is 213 g/mol. The number of carbonyl (C=O) groups is 1. The van der Waals surface area contributed by atoms with Gasteiger partial charge in [0.15, 0.2) is 0 Å². The van der Waals surface area contributed by atoms with Gasteiger partial charge >= 0.3 is 12.1 Å². The van der Waals surface area contributed by atoms with E-state index in [2.05, 4.69) is 4.74 Å². The summed E-state index contributed by atoms with van der Waals surface area (Å²) in [6.45, 7) is 1.82. The third-order valence-electron chi connectivity index (χ3n) is 1.74. The first-order chi connectivity index (χ1) is 6.39. The third-order valence-corrected chi connectivity index (χ3v) is 1.74. The van der Waals surface area contributed by atoms with Gasteiger partial charge in [0, 0.05) is 6.54 Å². The second-order valence-corrected chi connectivity index (χ2v) is 2.81. The summed E-state index contributed by atoms with van der Waals surface area (Å²) in [6.07, 6.45) is -5.08. The molecule has 0 fully saturated rings. The molecule has 0 heterocycles. The van der Waals surface area contributed by atoms with Crippen LogP contribution in [0.2, 0.25) is 0 Å². The SMILES string of the molecule is CCN(CCC(F)(F)F)CC(=O)OC. The number of hydrogen-bond donors (Lipinski definition) is 0. The molecule has 3 nitrogen and oxygen atoms in total. The molecule has 0 aliphatic carbocycles. The normalized spacial score (nSPS) is 11.9. The van der Waals surface area contributed by atoms with Crippen molar-refractivity contribution >= 4 is 5.97 Å². The number of alkyl halides is 3. The quantitative estimate of drug-likeness (QED) is 0.647. The highest BCUT2D eigenvalue weighted by Gasteiger charge is 2.27. The Morgan fingerprint density at radius 3 is 2.36 bits per heavy atom. The van der Waals surface area contributed by atoms with E-state index in [1.165, 1.54) is 12.0 Å². The molecule has 84 valence electrons. The molecule has 0 bridgehead atoms. The van der Waals surface area contributed by atoms with Crippen LogP contribution in [0.1, 0.15) is 13.3 Å². The lowest BCUT2D eigenvalue weighted by atomic mass is 10.3. The van der Waals surface area contributed by atoms with E-state index in [0.29, 0.717) is 6.54 Å². The summed E-state index contributed by atoms with van der Waals surface area (Å²) in [7, 11) is 1.21. The van der Waals surface area contributed by atoms with Crippen molar-refractivity contribution in [2.45, 2.75) is 19.5 Å². The Morgan fingerprint density at radius 2 is 2.00 bits per heavy atom. The number of rotatable bonds is 5. The maximum Gasteiger partial charge on any atom is 0.390 e. The topological polar surface area (TPSA) is 29.5 Å². The number of esters is 1. The van der Waals surface area contributed by atoms with Crippen LogP contribution in [0, 0.1) is 0 Å². The number of carbonyl (C=O) groups excluding carboxylic acids is 1. The van der Waals surface area contributed by atoms with Crippen molar-refractivity contribution < 1.29 is 22.7 Å². The summed E-state index contributed by atoms with van der Waals surface area (Å²) < 4.78 is 39.8. The van der Waals surface area contributed by atoms with Gasteiger partial charge in [0.1, 0.15) is 0 Å². The molecule has 0 spiro atoms. The molecule has 0 atom stereocenters. The molecule has 0 aliphatic heterocycles. The molecule has 6 heteroatoms. The molecule has 0 aromatic carbocycles. The average Bonchev–Trinajstić information content (AvgIpc) is 2.10. The van der Waals surface area contributed by atoms with E-state index in [-0.39, 0.29) is 13.1 Å². The zero-order chi connectivity index (χ0) is 11.2. The van der Waals surface area contributed by atoms with Crippen LogP contribution >= 0.6 is 0 Å². The second-order valence-electron chi connectivity index (χ2n) is 2.81. The molecule has 0 N–H and O–H groups in total. The first kappa shape index (κ1) is 13.2. The molecular formula is C8H14F3NO2. The molecule has 0 aromatic heterocycles. The van der Waals surface area contributed by atoms with Crippen molar-refractivity contribution in [1.29, 1.82) is 0 Å². The number of ether oxygens (including phenoxy) is 1. The van der Waals surface area contributed by atoms with Crippen molar-refractivity contribution in [3.63, 3.8) is 0 Å². The van der Waals surface area contributed by atoms with Crippen molar-refractivity contribution in [3.8, 4) is 0 Å². The summed E-state index contributed by atoms with van der Waals surface area (Å²) in [4.78, 5) is 12.1. The van der Waals surface area contributed by atoms with E-state index >= 15 is 0 Å². The highest BCUT2D eigenvalue weighted by atomic mass is 19.4. The first-order valence-electron chi connectivity index (χ1n) is 4.25. The largest absolute Gasteiger partial charge is 0.468 e. The summed E-state index contributed by atoms with van der Waals surface area (Å²) in [5.74, 6) is -0.519. The van der Waals surface area contributed by atoms with Crippen molar-refractivity contribution in [3.05, 3.63) is 0 Å². The maximum absolute atomic E-state index is 11.8. The number of halogens is 3. The molecule has 0 saturated heterocycles. The fourth-order valence-electron chi connectivity index (χ4n) is 0.881. The molecular weight excluding hydrogens is 199 g/mol. The van der Waals surface area contributed by atoms with Gasteiger partial charge in [-0.3, -0.25) is 9.69 Å². The maximum atomic E-state index is 11.8. The Hall–Kier alpha value is -0.780. The monoisotopic (exact) mass is 213 g/mol. The lowest BCUT2D eigenvalue weighted by Gasteiger charge is -2.19. The fraction of sp³-hybridized carbons (Fsp3) is 0.875. The molecule has 0 aliphatic rings. The molecule has 0 rings (SSSR count). The van der Waals surface area contributed by atoms with Gasteiger partial charge in [0.2, 0.25) is 0 Å². The van der Waals surface area contributed by atoms with E-state index in [9.17, 15) is 18.0 Å². The lowest BCUT2D eigenvalue weighted by molar-refractivity contribution is -0.147. The minimum atomic E-state index is -4.18. The summed E-state index contributed by atoms with van der Waals surface area (Å²) in [6, 6.07) is 0. The van der Waals surface area contributed by atoms with Crippen molar-refractivity contribution in [1.82, 2.24) is 4.90 Å². The van der Waals surface area contributed by atoms with E-state index in [1.807, 2.05) is 0 Å². The van der Waals surface area contributed by atoms with Gasteiger partial charge in [-0.05, 0) is 6.54 Å². The van der Waals surface area contributed by atoms with Crippen LogP contribution < -0.4 is 0 Å². The van der Waals surface area contributed by atoms with Gasteiger partial charge < -0.3 is 4.74 Å². The Morgan fingerprint density at radius 1 is 1.43 bits per heavy atom. The Kier molecular flexibility index (Phi) is 5.52. The van der Waals surface area contributed by atoms with Crippen molar-refractivity contribution in [2.24, 2.45) is 0 Å². The third kappa shape index (κ3) is 6.71. The minimum absolute atomic E-state index is 0.0942. The Labute approximate surface area is 80.8 Å².